The summed E-state index contributed by atoms with van der Waals surface area (Å²) in [6, 6.07) is 11.4. The Morgan fingerprint density at radius 3 is 2.47 bits per heavy atom. The third-order valence-electron chi connectivity index (χ3n) is 6.57. The predicted molar refractivity (Wildman–Crippen MR) is 141 cm³/mol. The highest BCUT2D eigenvalue weighted by Gasteiger charge is 2.26. The van der Waals surface area contributed by atoms with Crippen LogP contribution in [0.4, 0.5) is 5.69 Å². The first-order valence-electron chi connectivity index (χ1n) is 12.1. The fraction of sp³-hybridized carbons (Fsp3) is 0.429. The molecule has 1 N–H and O–H groups in total. The number of halogens is 1. The summed E-state index contributed by atoms with van der Waals surface area (Å²) in [4.78, 5) is 22.6. The summed E-state index contributed by atoms with van der Waals surface area (Å²) in [5.41, 5.74) is 4.49. The number of fused-ring (bicyclic) bond motifs is 1. The molecule has 0 amide bonds. The van der Waals surface area contributed by atoms with Gasteiger partial charge in [0, 0.05) is 37.6 Å². The molecule has 0 radical (unpaired) electrons. The van der Waals surface area contributed by atoms with Crippen LogP contribution in [0.25, 0.3) is 22.0 Å². The number of phenols is 1. The van der Waals surface area contributed by atoms with Crippen LogP contribution in [0.1, 0.15) is 43.5 Å². The van der Waals surface area contributed by atoms with E-state index >= 15 is 0 Å². The van der Waals surface area contributed by atoms with E-state index in [9.17, 15) is 9.90 Å². The molecule has 1 fully saturated rings. The van der Waals surface area contributed by atoms with Crippen LogP contribution in [-0.2, 0) is 0 Å². The van der Waals surface area contributed by atoms with E-state index in [4.69, 9.17) is 11.6 Å². The molecule has 5 nitrogen and oxygen atoms in total. The molecule has 6 heteroatoms. The number of piperidine rings is 1. The van der Waals surface area contributed by atoms with E-state index < -0.39 is 0 Å². The second kappa shape index (κ2) is 10.3. The molecule has 180 valence electrons. The van der Waals surface area contributed by atoms with Gasteiger partial charge in [-0.2, -0.15) is 0 Å². The first-order chi connectivity index (χ1) is 16.2. The molecule has 4 rings (SSSR count). The maximum atomic E-state index is 13.3. The number of carbonyl (C=O) groups excluding carboxylic acids is 1. The van der Waals surface area contributed by atoms with Crippen molar-refractivity contribution >= 4 is 34.0 Å². The zero-order valence-corrected chi connectivity index (χ0v) is 21.3. The number of benzene rings is 2. The van der Waals surface area contributed by atoms with Crippen molar-refractivity contribution in [3.05, 3.63) is 53.2 Å². The highest BCUT2D eigenvalue weighted by Crippen LogP contribution is 2.37. The zero-order valence-electron chi connectivity index (χ0n) is 20.5. The molecule has 0 atom stereocenters. The molecule has 1 saturated heterocycles. The summed E-state index contributed by atoms with van der Waals surface area (Å²) in [7, 11) is 4.26. The van der Waals surface area contributed by atoms with E-state index in [1.165, 1.54) is 0 Å². The van der Waals surface area contributed by atoms with E-state index in [-0.39, 0.29) is 17.5 Å². The number of aromatic nitrogens is 1. The molecule has 1 aliphatic heterocycles. The molecule has 3 aromatic rings. The number of pyridine rings is 1. The maximum absolute atomic E-state index is 13.3. The Kier molecular flexibility index (Phi) is 7.44. The molecule has 2 heterocycles. The van der Waals surface area contributed by atoms with Crippen LogP contribution in [0.2, 0.25) is 5.02 Å². The lowest BCUT2D eigenvalue weighted by Gasteiger charge is -2.36. The molecule has 0 bridgehead atoms. The Balaban J connectivity index is 1.79. The van der Waals surface area contributed by atoms with Gasteiger partial charge < -0.3 is 14.9 Å². The number of carbonyl (C=O) groups is 1. The van der Waals surface area contributed by atoms with Crippen molar-refractivity contribution in [3.8, 4) is 16.9 Å². The summed E-state index contributed by atoms with van der Waals surface area (Å²) >= 11 is 6.18. The van der Waals surface area contributed by atoms with Gasteiger partial charge >= 0.3 is 0 Å². The summed E-state index contributed by atoms with van der Waals surface area (Å²) in [6.45, 7) is 7.09. The summed E-state index contributed by atoms with van der Waals surface area (Å²) in [5, 5.41) is 11.1. The molecule has 0 aliphatic carbocycles. The minimum atomic E-state index is 0.0655. The van der Waals surface area contributed by atoms with E-state index in [2.05, 4.69) is 48.8 Å². The van der Waals surface area contributed by atoms with Gasteiger partial charge in [0.25, 0.3) is 0 Å². The Morgan fingerprint density at radius 1 is 1.15 bits per heavy atom. The number of phenolic OH excluding ortho intramolecular Hbond substituents is 1. The fourth-order valence-corrected chi connectivity index (χ4v) is 5.11. The summed E-state index contributed by atoms with van der Waals surface area (Å²) in [6.07, 6.45) is 4.48. The molecule has 1 aromatic heterocycles. The molecule has 34 heavy (non-hydrogen) atoms. The Bertz CT molecular complexity index is 1180. The van der Waals surface area contributed by atoms with Crippen molar-refractivity contribution in [2.75, 3.05) is 38.6 Å². The van der Waals surface area contributed by atoms with Gasteiger partial charge in [-0.25, -0.2) is 0 Å². The minimum absolute atomic E-state index is 0.0655. The van der Waals surface area contributed by atoms with Crippen molar-refractivity contribution in [2.45, 2.75) is 33.1 Å². The van der Waals surface area contributed by atoms with E-state index in [1.807, 2.05) is 18.2 Å². The van der Waals surface area contributed by atoms with Crippen LogP contribution < -0.4 is 4.90 Å². The van der Waals surface area contributed by atoms with Gasteiger partial charge in [0.05, 0.1) is 21.8 Å². The Hall–Kier alpha value is -2.63. The average Bonchev–Trinajstić information content (AvgIpc) is 2.79. The van der Waals surface area contributed by atoms with Gasteiger partial charge in [0.1, 0.15) is 5.75 Å². The largest absolute Gasteiger partial charge is 0.506 e. The third kappa shape index (κ3) is 5.37. The molecular weight excluding hydrogens is 446 g/mol. The first-order valence-corrected chi connectivity index (χ1v) is 12.4. The second-order valence-corrected chi connectivity index (χ2v) is 10.5. The SMILES string of the molecule is CC(C)CC(=O)c1cnc2ccc(-c3ccc(O)c(Cl)c3)cc2c1N1CCC(CN(C)C)CC1. The van der Waals surface area contributed by atoms with Gasteiger partial charge in [-0.1, -0.05) is 37.6 Å². The number of hydrogen-bond acceptors (Lipinski definition) is 5. The van der Waals surface area contributed by atoms with Gasteiger partial charge in [-0.05, 0) is 74.2 Å². The van der Waals surface area contributed by atoms with Crippen LogP contribution in [0.5, 0.6) is 5.75 Å². The number of ketones is 1. The van der Waals surface area contributed by atoms with E-state index in [0.717, 1.165) is 60.2 Å². The van der Waals surface area contributed by atoms with Crippen molar-refractivity contribution in [2.24, 2.45) is 11.8 Å². The van der Waals surface area contributed by atoms with Gasteiger partial charge in [0.2, 0.25) is 0 Å². The molecule has 1 aliphatic rings. The summed E-state index contributed by atoms with van der Waals surface area (Å²) < 4.78 is 0. The maximum Gasteiger partial charge on any atom is 0.166 e. The lowest BCUT2D eigenvalue weighted by atomic mass is 9.93. The van der Waals surface area contributed by atoms with Crippen LogP contribution >= 0.6 is 11.6 Å². The number of nitrogens with zero attached hydrogens (tertiary/aromatic N) is 3. The molecule has 0 unspecified atom stereocenters. The molecule has 2 aromatic carbocycles. The van der Waals surface area contributed by atoms with Crippen molar-refractivity contribution < 1.29 is 9.90 Å². The van der Waals surface area contributed by atoms with E-state index in [1.54, 1.807) is 18.3 Å². The molecular formula is C28H34ClN3O2. The lowest BCUT2D eigenvalue weighted by Crippen LogP contribution is -2.38. The van der Waals surface area contributed by atoms with Crippen LogP contribution in [-0.4, -0.2) is 54.5 Å². The zero-order chi connectivity index (χ0) is 24.4. The van der Waals surface area contributed by atoms with Crippen LogP contribution in [0.15, 0.2) is 42.6 Å². The first kappa shape index (κ1) is 24.5. The van der Waals surface area contributed by atoms with E-state index in [0.29, 0.717) is 22.9 Å². The fourth-order valence-electron chi connectivity index (χ4n) is 4.93. The molecule has 0 saturated carbocycles. The average molecular weight is 480 g/mol. The van der Waals surface area contributed by atoms with Gasteiger partial charge in [0.15, 0.2) is 5.78 Å². The molecule has 0 spiro atoms. The minimum Gasteiger partial charge on any atom is -0.506 e. The topological polar surface area (TPSA) is 56.7 Å². The number of rotatable bonds is 7. The van der Waals surface area contributed by atoms with Crippen molar-refractivity contribution in [1.82, 2.24) is 9.88 Å². The lowest BCUT2D eigenvalue weighted by molar-refractivity contribution is 0.0968. The number of hydrogen-bond donors (Lipinski definition) is 1. The predicted octanol–water partition coefficient (Wildman–Crippen LogP) is 6.27. The summed E-state index contributed by atoms with van der Waals surface area (Å²) in [5.74, 6) is 1.17. The Morgan fingerprint density at radius 2 is 1.82 bits per heavy atom. The smallest absolute Gasteiger partial charge is 0.166 e. The monoisotopic (exact) mass is 479 g/mol. The van der Waals surface area contributed by atoms with Gasteiger partial charge in [-0.15, -0.1) is 0 Å². The number of aromatic hydroxyl groups is 1. The third-order valence-corrected chi connectivity index (χ3v) is 6.87. The van der Waals surface area contributed by atoms with Crippen LogP contribution in [0, 0.1) is 11.8 Å². The Labute approximate surface area is 207 Å². The standard InChI is InChI=1S/C28H34ClN3O2/c1-18(2)13-27(34)23-16-30-25-7-5-20(21-6-8-26(33)24(29)15-21)14-22(25)28(23)32-11-9-19(10-12-32)17-31(3)4/h5-8,14-16,18-19,33H,9-13,17H2,1-4H3. The highest BCUT2D eigenvalue weighted by molar-refractivity contribution is 6.32. The second-order valence-electron chi connectivity index (χ2n) is 10.1. The van der Waals surface area contributed by atoms with Crippen molar-refractivity contribution in [3.63, 3.8) is 0 Å². The quantitative estimate of drug-likeness (QED) is 0.405. The number of Topliss-reactive ketones (excluding diaryl/α,β-unsaturated/α-hetero) is 1. The number of anilines is 1. The van der Waals surface area contributed by atoms with Crippen LogP contribution in [0.3, 0.4) is 0 Å². The normalized spacial score (nSPS) is 15.0. The van der Waals surface area contributed by atoms with Crippen molar-refractivity contribution in [1.29, 1.82) is 0 Å². The van der Waals surface area contributed by atoms with Gasteiger partial charge in [-0.3, -0.25) is 9.78 Å². The highest BCUT2D eigenvalue weighted by atomic mass is 35.5.